The highest BCUT2D eigenvalue weighted by molar-refractivity contribution is 5.58. The van der Waals surface area contributed by atoms with Crippen LogP contribution in [-0.4, -0.2) is 32.8 Å². The molecular formula is C16H24N2O. The smallest absolute Gasteiger partial charge is 0.0802 e. The topological polar surface area (TPSA) is 24.5 Å². The fraction of sp³-hybridized carbons (Fsp3) is 0.625. The van der Waals surface area contributed by atoms with Crippen molar-refractivity contribution in [2.75, 3.05) is 32.1 Å². The summed E-state index contributed by atoms with van der Waals surface area (Å²) in [5.41, 5.74) is 4.40. The Hall–Kier alpha value is -1.06. The largest absolute Gasteiger partial charge is 0.377 e. The third-order valence-electron chi connectivity index (χ3n) is 4.75. The first kappa shape index (κ1) is 12.9. The van der Waals surface area contributed by atoms with Crippen LogP contribution in [0.15, 0.2) is 18.2 Å². The zero-order valence-corrected chi connectivity index (χ0v) is 12.0. The van der Waals surface area contributed by atoms with Crippen LogP contribution in [0.1, 0.15) is 30.4 Å². The molecule has 2 aliphatic rings. The number of likely N-dealkylation sites (N-methyl/N-ethyl adjacent to an activating group) is 1. The van der Waals surface area contributed by atoms with Gasteiger partial charge in [0.2, 0.25) is 0 Å². The summed E-state index contributed by atoms with van der Waals surface area (Å²) in [7, 11) is 4.01. The average molecular weight is 260 g/mol. The third-order valence-corrected chi connectivity index (χ3v) is 4.75. The second-order valence-electron chi connectivity index (χ2n) is 5.98. The molecule has 0 bridgehead atoms. The van der Waals surface area contributed by atoms with Crippen LogP contribution in [0, 0.1) is 0 Å². The van der Waals surface area contributed by atoms with Crippen molar-refractivity contribution in [1.29, 1.82) is 0 Å². The number of hydrogen-bond acceptors (Lipinski definition) is 3. The lowest BCUT2D eigenvalue weighted by molar-refractivity contribution is -0.0695. The molecule has 3 heteroatoms. The molecule has 0 unspecified atom stereocenters. The average Bonchev–Trinajstić information content (AvgIpc) is 2.74. The third kappa shape index (κ3) is 2.49. The molecule has 1 aliphatic carbocycles. The molecule has 3 rings (SSSR count). The van der Waals surface area contributed by atoms with Crippen molar-refractivity contribution < 1.29 is 4.74 Å². The molecular weight excluding hydrogens is 236 g/mol. The number of ether oxygens (including phenoxy) is 1. The maximum absolute atomic E-state index is 5.63. The van der Waals surface area contributed by atoms with Crippen LogP contribution in [0.25, 0.3) is 0 Å². The molecule has 0 atom stereocenters. The zero-order chi connectivity index (χ0) is 13.3. The molecule has 0 spiro atoms. The number of fused-ring (bicyclic) bond motifs is 1. The van der Waals surface area contributed by atoms with Crippen LogP contribution in [0.4, 0.5) is 5.69 Å². The van der Waals surface area contributed by atoms with E-state index in [4.69, 9.17) is 4.74 Å². The van der Waals surface area contributed by atoms with Gasteiger partial charge in [-0.1, -0.05) is 12.1 Å². The standard InChI is InChI=1S/C16H24N2O/c1-18-9-6-14-10-13(4-5-15(14)18)11-17-12-16(19-2)7-3-8-16/h4-5,10,17H,3,6-9,11-12H2,1-2H3. The Morgan fingerprint density at radius 1 is 1.37 bits per heavy atom. The van der Waals surface area contributed by atoms with Gasteiger partial charge in [0.25, 0.3) is 0 Å². The molecule has 1 saturated carbocycles. The number of nitrogens with one attached hydrogen (secondary N) is 1. The molecule has 1 aromatic rings. The zero-order valence-electron chi connectivity index (χ0n) is 12.0. The summed E-state index contributed by atoms with van der Waals surface area (Å²) in [4.78, 5) is 2.33. The molecule has 0 radical (unpaired) electrons. The van der Waals surface area contributed by atoms with E-state index in [1.54, 1.807) is 0 Å². The molecule has 0 saturated heterocycles. The maximum Gasteiger partial charge on any atom is 0.0802 e. The van der Waals surface area contributed by atoms with E-state index < -0.39 is 0 Å². The van der Waals surface area contributed by atoms with Gasteiger partial charge in [-0.25, -0.2) is 0 Å². The molecule has 19 heavy (non-hydrogen) atoms. The van der Waals surface area contributed by atoms with Crippen molar-refractivity contribution >= 4 is 5.69 Å². The molecule has 104 valence electrons. The lowest BCUT2D eigenvalue weighted by Crippen LogP contribution is -2.47. The van der Waals surface area contributed by atoms with Gasteiger partial charge < -0.3 is 15.0 Å². The molecule has 0 amide bonds. The highest BCUT2D eigenvalue weighted by Gasteiger charge is 2.36. The molecule has 1 heterocycles. The minimum Gasteiger partial charge on any atom is -0.377 e. The lowest BCUT2D eigenvalue weighted by Gasteiger charge is -2.40. The van der Waals surface area contributed by atoms with Crippen LogP contribution in [-0.2, 0) is 17.7 Å². The van der Waals surface area contributed by atoms with Crippen molar-refractivity contribution in [2.24, 2.45) is 0 Å². The summed E-state index contributed by atoms with van der Waals surface area (Å²) < 4.78 is 5.63. The Labute approximate surface area is 115 Å². The Morgan fingerprint density at radius 3 is 2.89 bits per heavy atom. The Kier molecular flexibility index (Phi) is 3.50. The normalized spacial score (nSPS) is 20.2. The SMILES string of the molecule is COC1(CNCc2ccc3c(c2)CCN3C)CCC1. The van der Waals surface area contributed by atoms with Gasteiger partial charge in [-0.15, -0.1) is 0 Å². The van der Waals surface area contributed by atoms with Gasteiger partial charge in [0, 0.05) is 39.5 Å². The number of benzene rings is 1. The monoisotopic (exact) mass is 260 g/mol. The van der Waals surface area contributed by atoms with Crippen molar-refractivity contribution in [3.05, 3.63) is 29.3 Å². The summed E-state index contributed by atoms with van der Waals surface area (Å²) in [5, 5.41) is 3.56. The van der Waals surface area contributed by atoms with E-state index in [1.807, 2.05) is 7.11 Å². The minimum absolute atomic E-state index is 0.122. The van der Waals surface area contributed by atoms with Crippen LogP contribution >= 0.6 is 0 Å². The van der Waals surface area contributed by atoms with E-state index in [0.29, 0.717) is 0 Å². The second-order valence-corrected chi connectivity index (χ2v) is 5.98. The van der Waals surface area contributed by atoms with E-state index >= 15 is 0 Å². The fourth-order valence-corrected chi connectivity index (χ4v) is 3.19. The number of rotatable bonds is 5. The van der Waals surface area contributed by atoms with Crippen molar-refractivity contribution in [3.63, 3.8) is 0 Å². The van der Waals surface area contributed by atoms with E-state index in [2.05, 4.69) is 35.5 Å². The molecule has 1 aliphatic heterocycles. The van der Waals surface area contributed by atoms with E-state index in [-0.39, 0.29) is 5.60 Å². The van der Waals surface area contributed by atoms with Gasteiger partial charge in [-0.05, 0) is 42.9 Å². The lowest BCUT2D eigenvalue weighted by atomic mass is 9.80. The molecule has 1 N–H and O–H groups in total. The van der Waals surface area contributed by atoms with Gasteiger partial charge in [-0.2, -0.15) is 0 Å². The highest BCUT2D eigenvalue weighted by atomic mass is 16.5. The van der Waals surface area contributed by atoms with E-state index in [9.17, 15) is 0 Å². The highest BCUT2D eigenvalue weighted by Crippen LogP contribution is 2.34. The number of methoxy groups -OCH3 is 1. The first-order chi connectivity index (χ1) is 9.22. The number of hydrogen-bond donors (Lipinski definition) is 1. The summed E-state index contributed by atoms with van der Waals surface area (Å²) in [6.07, 6.45) is 4.89. The van der Waals surface area contributed by atoms with Gasteiger partial charge in [0.1, 0.15) is 0 Å². The number of nitrogens with zero attached hydrogens (tertiary/aromatic N) is 1. The van der Waals surface area contributed by atoms with Crippen molar-refractivity contribution in [1.82, 2.24) is 5.32 Å². The minimum atomic E-state index is 0.122. The molecule has 3 nitrogen and oxygen atoms in total. The van der Waals surface area contributed by atoms with Crippen LogP contribution in [0.2, 0.25) is 0 Å². The summed E-state index contributed by atoms with van der Waals surface area (Å²) in [6.45, 7) is 3.07. The van der Waals surface area contributed by atoms with Crippen molar-refractivity contribution in [2.45, 2.75) is 37.8 Å². The van der Waals surface area contributed by atoms with Crippen LogP contribution in [0.3, 0.4) is 0 Å². The Morgan fingerprint density at radius 2 is 2.21 bits per heavy atom. The van der Waals surface area contributed by atoms with E-state index in [1.165, 1.54) is 42.5 Å². The van der Waals surface area contributed by atoms with Gasteiger partial charge in [-0.3, -0.25) is 0 Å². The van der Waals surface area contributed by atoms with E-state index in [0.717, 1.165) is 19.6 Å². The summed E-state index contributed by atoms with van der Waals surface area (Å²) in [6, 6.07) is 6.86. The molecule has 0 aromatic heterocycles. The quantitative estimate of drug-likeness (QED) is 0.879. The predicted molar refractivity (Wildman–Crippen MR) is 78.7 cm³/mol. The molecule has 1 fully saturated rings. The summed E-state index contributed by atoms with van der Waals surface area (Å²) in [5.74, 6) is 0. The molecule has 1 aromatic carbocycles. The van der Waals surface area contributed by atoms with Crippen LogP contribution < -0.4 is 10.2 Å². The Balaban J connectivity index is 1.56. The predicted octanol–water partition coefficient (Wildman–Crippen LogP) is 2.34. The van der Waals surface area contributed by atoms with Crippen molar-refractivity contribution in [3.8, 4) is 0 Å². The van der Waals surface area contributed by atoms with Gasteiger partial charge in [0.05, 0.1) is 5.60 Å². The maximum atomic E-state index is 5.63. The van der Waals surface area contributed by atoms with Gasteiger partial charge in [0.15, 0.2) is 0 Å². The second kappa shape index (κ2) is 5.14. The van der Waals surface area contributed by atoms with Gasteiger partial charge >= 0.3 is 0 Å². The Bertz CT molecular complexity index is 449. The summed E-state index contributed by atoms with van der Waals surface area (Å²) >= 11 is 0. The fourth-order valence-electron chi connectivity index (χ4n) is 3.19. The first-order valence-corrected chi connectivity index (χ1v) is 7.31. The van der Waals surface area contributed by atoms with Crippen LogP contribution in [0.5, 0.6) is 0 Å². The number of anilines is 1. The first-order valence-electron chi connectivity index (χ1n) is 7.31.